The molecule has 0 amide bonds. The minimum Gasteiger partial charge on any atom is -0.201 e. The standard InChI is InChI=1S/C25H28N/c1-16(2)22-23(21-13-9-10-14-26(21)6)17(3)15-20-24(22)18-11-7-8-12-19(18)25(20,4)5/h7-16H,1-6H3/q+1/i16D. The Labute approximate surface area is 158 Å². The van der Waals surface area contributed by atoms with Gasteiger partial charge < -0.3 is 0 Å². The van der Waals surface area contributed by atoms with Gasteiger partial charge in [-0.3, -0.25) is 0 Å². The molecule has 0 radical (unpaired) electrons. The lowest BCUT2D eigenvalue weighted by atomic mass is 9.79. The van der Waals surface area contributed by atoms with Crippen LogP contribution in [0.3, 0.4) is 0 Å². The summed E-state index contributed by atoms with van der Waals surface area (Å²) in [5.74, 6) is -0.707. The molecule has 0 saturated heterocycles. The van der Waals surface area contributed by atoms with Crippen molar-refractivity contribution >= 4 is 0 Å². The Morgan fingerprint density at radius 1 is 0.962 bits per heavy atom. The Balaban J connectivity index is 2.20. The van der Waals surface area contributed by atoms with Crippen LogP contribution in [0.15, 0.2) is 54.7 Å². The first-order valence-electron chi connectivity index (χ1n) is 9.87. The lowest BCUT2D eigenvalue weighted by molar-refractivity contribution is -0.660. The molecule has 0 atom stereocenters. The molecule has 0 unspecified atom stereocenters. The maximum Gasteiger partial charge on any atom is 0.212 e. The SMILES string of the molecule is [2H]C(C)(C)c1c(-c2cccc[n+]2C)c(C)cc2c1-c1ccccc1C2(C)C. The van der Waals surface area contributed by atoms with Crippen molar-refractivity contribution in [3.05, 3.63) is 77.0 Å². The third-order valence-corrected chi connectivity index (χ3v) is 5.88. The number of benzene rings is 2. The highest BCUT2D eigenvalue weighted by Crippen LogP contribution is 2.53. The van der Waals surface area contributed by atoms with E-state index in [-0.39, 0.29) is 5.41 Å². The van der Waals surface area contributed by atoms with Gasteiger partial charge in [0.2, 0.25) is 5.69 Å². The number of hydrogen-bond donors (Lipinski definition) is 0. The van der Waals surface area contributed by atoms with Crippen LogP contribution in [0.25, 0.3) is 22.4 Å². The molecule has 0 spiro atoms. The second kappa shape index (κ2) is 5.81. The molecule has 132 valence electrons. The summed E-state index contributed by atoms with van der Waals surface area (Å²) in [7, 11) is 2.08. The largest absolute Gasteiger partial charge is 0.212 e. The Bertz CT molecular complexity index is 1050. The first-order chi connectivity index (χ1) is 12.6. The number of aromatic nitrogens is 1. The number of pyridine rings is 1. The monoisotopic (exact) mass is 343 g/mol. The number of rotatable bonds is 2. The summed E-state index contributed by atoms with van der Waals surface area (Å²) in [6.45, 7) is 10.8. The Hall–Kier alpha value is -2.41. The summed E-state index contributed by atoms with van der Waals surface area (Å²) in [6.07, 6.45) is 2.08. The molecule has 1 aromatic heterocycles. The molecule has 1 heterocycles. The van der Waals surface area contributed by atoms with Gasteiger partial charge in [0.1, 0.15) is 7.05 Å². The van der Waals surface area contributed by atoms with Crippen LogP contribution in [0, 0.1) is 6.92 Å². The van der Waals surface area contributed by atoms with Crippen LogP contribution < -0.4 is 4.57 Å². The average molecular weight is 344 g/mol. The van der Waals surface area contributed by atoms with Gasteiger partial charge in [0.05, 0.1) is 5.56 Å². The molecule has 0 fully saturated rings. The lowest BCUT2D eigenvalue weighted by Gasteiger charge is -2.24. The Morgan fingerprint density at radius 3 is 2.35 bits per heavy atom. The Morgan fingerprint density at radius 2 is 1.65 bits per heavy atom. The van der Waals surface area contributed by atoms with E-state index >= 15 is 0 Å². The highest BCUT2D eigenvalue weighted by molar-refractivity contribution is 5.89. The highest BCUT2D eigenvalue weighted by atomic mass is 14.9. The molecule has 1 heteroatoms. The van der Waals surface area contributed by atoms with Crippen LogP contribution in [0.5, 0.6) is 0 Å². The molecule has 1 aliphatic carbocycles. The van der Waals surface area contributed by atoms with Crippen molar-refractivity contribution in [2.45, 2.75) is 45.9 Å². The van der Waals surface area contributed by atoms with Crippen molar-refractivity contribution in [1.29, 1.82) is 0 Å². The fourth-order valence-electron chi connectivity index (χ4n) is 4.59. The minimum absolute atomic E-state index is 0.0475. The van der Waals surface area contributed by atoms with Crippen LogP contribution in [0.4, 0.5) is 0 Å². The van der Waals surface area contributed by atoms with Gasteiger partial charge in [0.15, 0.2) is 6.20 Å². The van der Waals surface area contributed by atoms with E-state index in [1.165, 1.54) is 33.4 Å². The van der Waals surface area contributed by atoms with E-state index in [0.29, 0.717) is 0 Å². The molecule has 1 aliphatic rings. The summed E-state index contributed by atoms with van der Waals surface area (Å²) in [4.78, 5) is 0. The summed E-state index contributed by atoms with van der Waals surface area (Å²) in [6, 6.07) is 17.4. The molecule has 2 aromatic carbocycles. The smallest absolute Gasteiger partial charge is 0.201 e. The number of nitrogens with zero attached hydrogens (tertiary/aromatic N) is 1. The second-order valence-corrected chi connectivity index (χ2v) is 8.23. The van der Waals surface area contributed by atoms with E-state index in [1.807, 2.05) is 13.8 Å². The summed E-state index contributed by atoms with van der Waals surface area (Å²) < 4.78 is 11.2. The van der Waals surface area contributed by atoms with Gasteiger partial charge in [-0.2, -0.15) is 0 Å². The van der Waals surface area contributed by atoms with E-state index in [9.17, 15) is 0 Å². The number of fused-ring (bicyclic) bond motifs is 3. The maximum atomic E-state index is 9.06. The van der Waals surface area contributed by atoms with Crippen molar-refractivity contribution < 1.29 is 5.94 Å². The van der Waals surface area contributed by atoms with Crippen LogP contribution >= 0.6 is 0 Å². The van der Waals surface area contributed by atoms with Crippen LogP contribution in [-0.4, -0.2) is 0 Å². The number of aryl methyl sites for hydroxylation is 2. The van der Waals surface area contributed by atoms with Gasteiger partial charge in [0.25, 0.3) is 0 Å². The van der Waals surface area contributed by atoms with Gasteiger partial charge in [-0.25, -0.2) is 4.57 Å². The van der Waals surface area contributed by atoms with Crippen molar-refractivity contribution in [2.75, 3.05) is 0 Å². The van der Waals surface area contributed by atoms with E-state index in [1.54, 1.807) is 0 Å². The molecule has 1 nitrogen and oxygen atoms in total. The Kier molecular flexibility index (Phi) is 3.53. The quantitative estimate of drug-likeness (QED) is 0.509. The summed E-state index contributed by atoms with van der Waals surface area (Å²) in [5, 5.41) is 0. The zero-order chi connectivity index (χ0) is 19.6. The lowest BCUT2D eigenvalue weighted by Crippen LogP contribution is -2.30. The van der Waals surface area contributed by atoms with Crippen LogP contribution in [-0.2, 0) is 12.5 Å². The van der Waals surface area contributed by atoms with E-state index in [4.69, 9.17) is 1.37 Å². The van der Waals surface area contributed by atoms with Crippen LogP contribution in [0.2, 0.25) is 0 Å². The summed E-state index contributed by atoms with van der Waals surface area (Å²) >= 11 is 0. The van der Waals surface area contributed by atoms with Gasteiger partial charge in [-0.15, -0.1) is 0 Å². The predicted molar refractivity (Wildman–Crippen MR) is 109 cm³/mol. The fourth-order valence-corrected chi connectivity index (χ4v) is 4.59. The topological polar surface area (TPSA) is 3.88 Å². The van der Waals surface area contributed by atoms with Crippen LogP contribution in [0.1, 0.15) is 57.2 Å². The summed E-state index contributed by atoms with van der Waals surface area (Å²) in [5.41, 5.74) is 9.95. The molecule has 0 aliphatic heterocycles. The number of hydrogen-bond acceptors (Lipinski definition) is 0. The third-order valence-electron chi connectivity index (χ3n) is 5.88. The van der Waals surface area contributed by atoms with Crippen molar-refractivity contribution in [1.82, 2.24) is 0 Å². The third kappa shape index (κ3) is 2.26. The van der Waals surface area contributed by atoms with Gasteiger partial charge >= 0.3 is 0 Å². The van der Waals surface area contributed by atoms with E-state index in [0.717, 1.165) is 11.3 Å². The van der Waals surface area contributed by atoms with Crippen molar-refractivity contribution in [3.8, 4) is 22.4 Å². The zero-order valence-corrected chi connectivity index (χ0v) is 16.6. The first-order valence-corrected chi connectivity index (χ1v) is 9.37. The molecule has 0 N–H and O–H groups in total. The molecule has 3 aromatic rings. The molecule has 0 bridgehead atoms. The first kappa shape index (κ1) is 15.8. The predicted octanol–water partition coefficient (Wildman–Crippen LogP) is 5.92. The normalized spacial score (nSPS) is 15.4. The van der Waals surface area contributed by atoms with Gasteiger partial charge in [0, 0.05) is 18.9 Å². The minimum atomic E-state index is -0.707. The average Bonchev–Trinajstić information content (AvgIpc) is 2.82. The molecular weight excluding hydrogens is 314 g/mol. The highest BCUT2D eigenvalue weighted by Gasteiger charge is 2.39. The molecular formula is C25H28N+. The molecule has 0 saturated carbocycles. The zero-order valence-electron chi connectivity index (χ0n) is 17.6. The molecule has 26 heavy (non-hydrogen) atoms. The van der Waals surface area contributed by atoms with Gasteiger partial charge in [-0.05, 0) is 52.3 Å². The van der Waals surface area contributed by atoms with Crippen molar-refractivity contribution in [2.24, 2.45) is 7.05 Å². The second-order valence-electron chi connectivity index (χ2n) is 8.23. The fraction of sp³-hybridized carbons (Fsp3) is 0.320. The van der Waals surface area contributed by atoms with E-state index in [2.05, 4.69) is 87.1 Å². The maximum absolute atomic E-state index is 9.06. The van der Waals surface area contributed by atoms with Gasteiger partial charge in [-0.1, -0.05) is 58.0 Å². The van der Waals surface area contributed by atoms with E-state index < -0.39 is 5.89 Å². The van der Waals surface area contributed by atoms with Crippen molar-refractivity contribution in [3.63, 3.8) is 0 Å². The molecule has 4 rings (SSSR count).